The number of benzene rings is 3. The van der Waals surface area contributed by atoms with Gasteiger partial charge in [0.05, 0.1) is 21.9 Å². The highest BCUT2D eigenvalue weighted by Crippen LogP contribution is 2.37. The second kappa shape index (κ2) is 9.06. The number of hydrogen-bond donors (Lipinski definition) is 3. The second-order valence-electron chi connectivity index (χ2n) is 7.47. The SMILES string of the molecule is COc1cc([C@@H]2Nc3ccccc3-c3c(=O)[nH]c(SCc4ccccc4)n[n+]32)cc(I)c1O. The summed E-state index contributed by atoms with van der Waals surface area (Å²) in [5.41, 5.74) is 3.84. The number of rotatable bonds is 5. The minimum absolute atomic E-state index is 0.0845. The molecule has 0 bridgehead atoms. The third kappa shape index (κ3) is 4.18. The molecule has 1 aliphatic rings. The number of para-hydroxylation sites is 1. The van der Waals surface area contributed by atoms with Crippen LogP contribution in [0.3, 0.4) is 0 Å². The first-order valence-electron chi connectivity index (χ1n) is 10.2. The number of aromatic nitrogens is 3. The quantitative estimate of drug-likeness (QED) is 0.188. The van der Waals surface area contributed by atoms with Crippen molar-refractivity contribution in [1.82, 2.24) is 10.1 Å². The maximum Gasteiger partial charge on any atom is 0.325 e. The lowest BCUT2D eigenvalue weighted by Crippen LogP contribution is -2.55. The Bertz CT molecular complexity index is 1390. The van der Waals surface area contributed by atoms with Crippen LogP contribution in [0.5, 0.6) is 11.5 Å². The number of aromatic amines is 1. The van der Waals surface area contributed by atoms with E-state index >= 15 is 0 Å². The van der Waals surface area contributed by atoms with E-state index in [-0.39, 0.29) is 11.3 Å². The maximum absolute atomic E-state index is 13.3. The van der Waals surface area contributed by atoms with E-state index in [1.807, 2.05) is 60.7 Å². The molecule has 0 fully saturated rings. The predicted molar refractivity (Wildman–Crippen MR) is 136 cm³/mol. The Morgan fingerprint density at radius 1 is 1.15 bits per heavy atom. The van der Waals surface area contributed by atoms with Gasteiger partial charge in [-0.3, -0.25) is 9.78 Å². The molecule has 0 unspecified atom stereocenters. The van der Waals surface area contributed by atoms with E-state index in [2.05, 4.69) is 32.9 Å². The van der Waals surface area contributed by atoms with Crippen LogP contribution in [0.2, 0.25) is 0 Å². The van der Waals surface area contributed by atoms with Crippen molar-refractivity contribution in [2.24, 2.45) is 0 Å². The molecule has 5 rings (SSSR count). The molecule has 1 aromatic heterocycles. The fourth-order valence-electron chi connectivity index (χ4n) is 3.81. The largest absolute Gasteiger partial charge is 0.504 e. The molecule has 9 heteroatoms. The smallest absolute Gasteiger partial charge is 0.325 e. The van der Waals surface area contributed by atoms with Gasteiger partial charge in [-0.05, 0) is 57.1 Å². The molecule has 166 valence electrons. The third-order valence-corrected chi connectivity index (χ3v) is 7.14. The fourth-order valence-corrected chi connectivity index (χ4v) is 5.24. The molecular weight excluding hydrogens is 551 g/mol. The highest BCUT2D eigenvalue weighted by molar-refractivity contribution is 14.1. The van der Waals surface area contributed by atoms with E-state index in [1.165, 1.54) is 18.9 Å². The molecule has 33 heavy (non-hydrogen) atoms. The Labute approximate surface area is 208 Å². The summed E-state index contributed by atoms with van der Waals surface area (Å²) in [5, 5.41) is 19.1. The molecule has 2 heterocycles. The predicted octanol–water partition coefficient (Wildman–Crippen LogP) is 4.31. The summed E-state index contributed by atoms with van der Waals surface area (Å²) in [4.78, 5) is 16.2. The summed E-state index contributed by atoms with van der Waals surface area (Å²) < 4.78 is 7.73. The molecule has 0 amide bonds. The van der Waals surface area contributed by atoms with E-state index in [0.717, 1.165) is 22.4 Å². The Balaban J connectivity index is 1.63. The lowest BCUT2D eigenvalue weighted by Gasteiger charge is -2.23. The minimum atomic E-state index is -0.462. The van der Waals surface area contributed by atoms with Gasteiger partial charge in [0.15, 0.2) is 11.5 Å². The molecule has 7 nitrogen and oxygen atoms in total. The van der Waals surface area contributed by atoms with Crippen LogP contribution in [-0.4, -0.2) is 22.3 Å². The number of H-pyrrole nitrogens is 1. The van der Waals surface area contributed by atoms with Gasteiger partial charge in [-0.1, -0.05) is 54.2 Å². The van der Waals surface area contributed by atoms with Gasteiger partial charge >= 0.3 is 11.3 Å². The highest BCUT2D eigenvalue weighted by atomic mass is 127. The van der Waals surface area contributed by atoms with Crippen LogP contribution in [0.15, 0.2) is 76.7 Å². The zero-order valence-electron chi connectivity index (χ0n) is 17.6. The first-order valence-corrected chi connectivity index (χ1v) is 12.3. The van der Waals surface area contributed by atoms with Crippen LogP contribution in [0.1, 0.15) is 17.3 Å². The van der Waals surface area contributed by atoms with E-state index in [4.69, 9.17) is 9.84 Å². The van der Waals surface area contributed by atoms with Crippen molar-refractivity contribution in [1.29, 1.82) is 0 Å². The van der Waals surface area contributed by atoms with Gasteiger partial charge < -0.3 is 15.2 Å². The van der Waals surface area contributed by atoms with Gasteiger partial charge in [-0.15, -0.1) is 0 Å². The zero-order valence-corrected chi connectivity index (χ0v) is 20.6. The Morgan fingerprint density at radius 3 is 2.70 bits per heavy atom. The van der Waals surface area contributed by atoms with E-state index in [9.17, 15) is 9.90 Å². The number of phenolic OH excluding ortho intramolecular Hbond substituents is 1. The number of hydrogen-bond acceptors (Lipinski definition) is 6. The number of anilines is 1. The van der Waals surface area contributed by atoms with Crippen LogP contribution < -0.4 is 20.3 Å². The summed E-state index contributed by atoms with van der Waals surface area (Å²) in [6.45, 7) is 0. The number of nitrogens with zero attached hydrogens (tertiary/aromatic N) is 2. The lowest BCUT2D eigenvalue weighted by atomic mass is 10.0. The van der Waals surface area contributed by atoms with Crippen LogP contribution in [0.25, 0.3) is 11.3 Å². The molecule has 0 spiro atoms. The summed E-state index contributed by atoms with van der Waals surface area (Å²) in [6, 6.07) is 21.3. The van der Waals surface area contributed by atoms with Gasteiger partial charge in [0.25, 0.3) is 6.17 Å². The van der Waals surface area contributed by atoms with Crippen molar-refractivity contribution >= 4 is 40.0 Å². The first-order chi connectivity index (χ1) is 16.0. The van der Waals surface area contributed by atoms with Gasteiger partial charge in [0, 0.05) is 16.4 Å². The highest BCUT2D eigenvalue weighted by Gasteiger charge is 2.38. The number of nitrogens with one attached hydrogen (secondary N) is 2. The van der Waals surface area contributed by atoms with Crippen LogP contribution in [0, 0.1) is 3.57 Å². The van der Waals surface area contributed by atoms with E-state index < -0.39 is 6.17 Å². The average molecular weight is 571 g/mol. The van der Waals surface area contributed by atoms with E-state index in [1.54, 1.807) is 10.7 Å². The minimum Gasteiger partial charge on any atom is -0.504 e. The van der Waals surface area contributed by atoms with Crippen molar-refractivity contribution in [2.75, 3.05) is 12.4 Å². The fraction of sp³-hybridized carbons (Fsp3) is 0.125. The maximum atomic E-state index is 13.3. The van der Waals surface area contributed by atoms with Crippen molar-refractivity contribution in [3.63, 3.8) is 0 Å². The van der Waals surface area contributed by atoms with Crippen LogP contribution in [-0.2, 0) is 5.75 Å². The Hall–Kier alpha value is -3.05. The summed E-state index contributed by atoms with van der Waals surface area (Å²) in [6.07, 6.45) is -0.462. The lowest BCUT2D eigenvalue weighted by molar-refractivity contribution is -0.759. The van der Waals surface area contributed by atoms with Crippen LogP contribution >= 0.6 is 34.4 Å². The summed E-state index contributed by atoms with van der Waals surface area (Å²) >= 11 is 3.54. The molecule has 1 atom stereocenters. The normalized spacial score (nSPS) is 14.2. The number of phenols is 1. The van der Waals surface area contributed by atoms with Gasteiger partial charge in [0.1, 0.15) is 0 Å². The van der Waals surface area contributed by atoms with Gasteiger partial charge in [-0.25, -0.2) is 0 Å². The van der Waals surface area contributed by atoms with Gasteiger partial charge in [0.2, 0.25) is 5.16 Å². The Morgan fingerprint density at radius 2 is 1.91 bits per heavy atom. The molecule has 4 aromatic rings. The summed E-state index contributed by atoms with van der Waals surface area (Å²) in [7, 11) is 1.51. The van der Waals surface area contributed by atoms with Crippen molar-refractivity contribution in [2.45, 2.75) is 17.1 Å². The average Bonchev–Trinajstić information content (AvgIpc) is 2.84. The van der Waals surface area contributed by atoms with Crippen LogP contribution in [0.4, 0.5) is 5.69 Å². The molecule has 0 aliphatic carbocycles. The number of ether oxygens (including phenoxy) is 1. The molecular formula is C24H20IN4O3S+. The summed E-state index contributed by atoms with van der Waals surface area (Å²) in [5.74, 6) is 1.13. The first kappa shape index (κ1) is 21.8. The van der Waals surface area contributed by atoms with Crippen molar-refractivity contribution in [3.05, 3.63) is 91.8 Å². The monoisotopic (exact) mass is 571 g/mol. The number of thioether (sulfide) groups is 1. The standard InChI is InChI=1S/C24H19IN4O3S/c1-32-19-12-15(11-17(25)21(19)30)22-26-18-10-6-5-9-16(18)20-23(31)27-24(28-29(20)22)33-13-14-7-3-2-4-8-14/h2-12,22H,13H2,1H3,(H2,27,28,30,31)/p+1/t22-/m1/s1. The third-order valence-electron chi connectivity index (χ3n) is 5.39. The molecule has 3 aromatic carbocycles. The van der Waals surface area contributed by atoms with Crippen molar-refractivity contribution < 1.29 is 14.5 Å². The number of halogens is 1. The number of fused-ring (bicyclic) bond motifs is 3. The molecule has 0 radical (unpaired) electrons. The van der Waals surface area contributed by atoms with E-state index in [0.29, 0.717) is 25.9 Å². The molecule has 0 saturated heterocycles. The molecule has 0 saturated carbocycles. The number of methoxy groups -OCH3 is 1. The number of aromatic hydroxyl groups is 1. The second-order valence-corrected chi connectivity index (χ2v) is 9.60. The molecule has 1 aliphatic heterocycles. The Kier molecular flexibility index (Phi) is 5.98. The zero-order chi connectivity index (χ0) is 22.9. The molecule has 3 N–H and O–H groups in total. The van der Waals surface area contributed by atoms with Crippen molar-refractivity contribution in [3.8, 4) is 22.8 Å². The van der Waals surface area contributed by atoms with Gasteiger partial charge in [-0.2, -0.15) is 0 Å². The topological polar surface area (TPSA) is 91.1 Å².